The molecular weight excluding hydrogens is 446 g/mol. The fourth-order valence-corrected chi connectivity index (χ4v) is 3.63. The first-order chi connectivity index (χ1) is 13.1. The lowest BCUT2D eigenvalue weighted by Crippen LogP contribution is -2.41. The van der Waals surface area contributed by atoms with Crippen molar-refractivity contribution >= 4 is 45.0 Å². The highest BCUT2D eigenvalue weighted by Crippen LogP contribution is 2.35. The van der Waals surface area contributed by atoms with Gasteiger partial charge in [-0.3, -0.25) is 0 Å². The van der Waals surface area contributed by atoms with Crippen molar-refractivity contribution < 1.29 is 9.53 Å². The molecule has 9 heteroatoms. The van der Waals surface area contributed by atoms with Crippen molar-refractivity contribution in [2.24, 2.45) is 16.5 Å². The maximum atomic E-state index is 12.4. The fraction of sp³-hybridized carbons (Fsp3) is 0.368. The number of benzene rings is 1. The fourth-order valence-electron chi connectivity index (χ4n) is 2.78. The lowest BCUT2D eigenvalue weighted by Gasteiger charge is -2.17. The SMILES string of the molecule is C=C(N)N=C1CN(C(=O)NC(C)C)C/C1=C(/N)c1cc(OCC)c(Br)cc1Cl. The molecule has 1 aliphatic heterocycles. The highest BCUT2D eigenvalue weighted by atomic mass is 79.9. The molecule has 2 amide bonds. The van der Waals surface area contributed by atoms with Crippen LogP contribution in [0.2, 0.25) is 5.02 Å². The van der Waals surface area contributed by atoms with Gasteiger partial charge >= 0.3 is 6.03 Å². The van der Waals surface area contributed by atoms with Crippen LogP contribution < -0.4 is 21.5 Å². The van der Waals surface area contributed by atoms with Crippen molar-refractivity contribution in [3.8, 4) is 5.75 Å². The Kier molecular flexibility index (Phi) is 7.37. The number of hydrogen-bond acceptors (Lipinski definition) is 5. The molecule has 1 aliphatic rings. The number of amides is 2. The van der Waals surface area contributed by atoms with E-state index in [1.54, 1.807) is 17.0 Å². The molecule has 0 saturated carbocycles. The Balaban J connectivity index is 2.51. The molecule has 0 radical (unpaired) electrons. The highest BCUT2D eigenvalue weighted by Gasteiger charge is 2.30. The van der Waals surface area contributed by atoms with Gasteiger partial charge in [0.15, 0.2) is 0 Å². The van der Waals surface area contributed by atoms with E-state index in [0.717, 1.165) is 4.47 Å². The Morgan fingerprint density at radius 1 is 1.43 bits per heavy atom. The van der Waals surface area contributed by atoms with Gasteiger partial charge in [-0.25, -0.2) is 9.79 Å². The molecule has 5 N–H and O–H groups in total. The van der Waals surface area contributed by atoms with Crippen molar-refractivity contribution in [3.63, 3.8) is 0 Å². The zero-order chi connectivity index (χ0) is 21.0. The van der Waals surface area contributed by atoms with E-state index in [1.807, 2.05) is 20.8 Å². The Labute approximate surface area is 178 Å². The van der Waals surface area contributed by atoms with Crippen molar-refractivity contribution in [1.82, 2.24) is 10.2 Å². The van der Waals surface area contributed by atoms with Gasteiger partial charge in [0.25, 0.3) is 0 Å². The third-order valence-electron chi connectivity index (χ3n) is 3.95. The molecule has 152 valence electrons. The number of carbonyl (C=O) groups excluding carboxylic acids is 1. The van der Waals surface area contributed by atoms with E-state index in [4.69, 9.17) is 27.8 Å². The summed E-state index contributed by atoms with van der Waals surface area (Å²) in [6, 6.07) is 3.30. The molecule has 0 bridgehead atoms. The van der Waals surface area contributed by atoms with Crippen molar-refractivity contribution in [1.29, 1.82) is 0 Å². The number of nitrogens with zero attached hydrogens (tertiary/aromatic N) is 2. The Morgan fingerprint density at radius 2 is 2.11 bits per heavy atom. The molecular formula is C19H25BrClN5O2. The number of halogens is 2. The Morgan fingerprint density at radius 3 is 2.68 bits per heavy atom. The number of carbonyl (C=O) groups is 1. The van der Waals surface area contributed by atoms with E-state index in [1.165, 1.54) is 0 Å². The summed E-state index contributed by atoms with van der Waals surface area (Å²) in [5, 5.41) is 3.32. The standard InChI is InChI=1S/C19H25BrClN5O2/c1-5-28-17-6-12(15(21)7-14(17)20)18(23)13-8-26(19(27)24-10(2)3)9-16(13)25-11(4)22/h6-7,10H,4-5,8-9,22-23H2,1-3H3,(H,24,27)/b18-13-,25-16?. The minimum atomic E-state index is -0.204. The molecule has 1 saturated heterocycles. The first-order valence-corrected chi connectivity index (χ1v) is 9.99. The van der Waals surface area contributed by atoms with E-state index in [2.05, 4.69) is 32.8 Å². The molecule has 1 fully saturated rings. The van der Waals surface area contributed by atoms with Crippen LogP contribution in [-0.4, -0.2) is 42.4 Å². The van der Waals surface area contributed by atoms with Crippen molar-refractivity contribution in [2.75, 3.05) is 19.7 Å². The summed E-state index contributed by atoms with van der Waals surface area (Å²) < 4.78 is 6.35. The number of aliphatic imine (C=N–C) groups is 1. The monoisotopic (exact) mass is 469 g/mol. The van der Waals surface area contributed by atoms with Crippen LogP contribution in [0, 0.1) is 0 Å². The van der Waals surface area contributed by atoms with Crippen LogP contribution in [0.4, 0.5) is 4.79 Å². The first-order valence-electron chi connectivity index (χ1n) is 8.82. The number of urea groups is 1. The van der Waals surface area contributed by atoms with Crippen LogP contribution >= 0.6 is 27.5 Å². The lowest BCUT2D eigenvalue weighted by atomic mass is 10.0. The summed E-state index contributed by atoms with van der Waals surface area (Å²) in [4.78, 5) is 18.3. The van der Waals surface area contributed by atoms with Gasteiger partial charge in [-0.1, -0.05) is 18.2 Å². The largest absolute Gasteiger partial charge is 0.493 e. The van der Waals surface area contributed by atoms with Crippen molar-refractivity contribution in [3.05, 3.63) is 45.2 Å². The first kappa shape index (κ1) is 22.1. The van der Waals surface area contributed by atoms with Gasteiger partial charge in [0.1, 0.15) is 11.6 Å². The summed E-state index contributed by atoms with van der Waals surface area (Å²) in [5.74, 6) is 0.767. The summed E-state index contributed by atoms with van der Waals surface area (Å²) in [5.41, 5.74) is 14.4. The van der Waals surface area contributed by atoms with E-state index >= 15 is 0 Å². The second-order valence-electron chi connectivity index (χ2n) is 6.60. The van der Waals surface area contributed by atoms with Gasteiger partial charge in [-0.2, -0.15) is 0 Å². The van der Waals surface area contributed by atoms with Crippen LogP contribution in [-0.2, 0) is 0 Å². The van der Waals surface area contributed by atoms with E-state index in [0.29, 0.717) is 39.9 Å². The van der Waals surface area contributed by atoms with Gasteiger partial charge in [0.05, 0.1) is 34.9 Å². The topological polar surface area (TPSA) is 106 Å². The molecule has 0 spiro atoms. The van der Waals surface area contributed by atoms with Crippen molar-refractivity contribution in [2.45, 2.75) is 26.8 Å². The third-order valence-corrected chi connectivity index (χ3v) is 4.88. The summed E-state index contributed by atoms with van der Waals surface area (Å²) in [6.07, 6.45) is 0. The predicted molar refractivity (Wildman–Crippen MR) is 117 cm³/mol. The van der Waals surface area contributed by atoms with E-state index < -0.39 is 0 Å². The number of rotatable bonds is 5. The molecule has 1 aromatic carbocycles. The number of ether oxygens (including phenoxy) is 1. The van der Waals surface area contributed by atoms with Crippen LogP contribution in [0.25, 0.3) is 5.70 Å². The van der Waals surface area contributed by atoms with Crippen LogP contribution in [0.1, 0.15) is 26.3 Å². The summed E-state index contributed by atoms with van der Waals surface area (Å²) in [7, 11) is 0. The number of likely N-dealkylation sites (tertiary alicyclic amines) is 1. The molecule has 28 heavy (non-hydrogen) atoms. The van der Waals surface area contributed by atoms with Crippen LogP contribution in [0.3, 0.4) is 0 Å². The highest BCUT2D eigenvalue weighted by molar-refractivity contribution is 9.10. The molecule has 2 rings (SSSR count). The van der Waals surface area contributed by atoms with Gasteiger partial charge < -0.3 is 26.4 Å². The minimum absolute atomic E-state index is 0.0115. The van der Waals surface area contributed by atoms with Gasteiger partial charge in [0.2, 0.25) is 0 Å². The van der Waals surface area contributed by atoms with Gasteiger partial charge in [0, 0.05) is 22.9 Å². The summed E-state index contributed by atoms with van der Waals surface area (Å²) in [6.45, 7) is 10.4. The molecule has 1 aromatic rings. The quantitative estimate of drug-likeness (QED) is 0.612. The normalized spacial score (nSPS) is 17.2. The summed E-state index contributed by atoms with van der Waals surface area (Å²) >= 11 is 9.85. The molecule has 0 aromatic heterocycles. The molecule has 0 atom stereocenters. The number of nitrogens with one attached hydrogen (secondary N) is 1. The number of hydrogen-bond donors (Lipinski definition) is 3. The maximum Gasteiger partial charge on any atom is 0.318 e. The smallest absolute Gasteiger partial charge is 0.318 e. The van der Waals surface area contributed by atoms with Gasteiger partial charge in [-0.15, -0.1) is 0 Å². The zero-order valence-corrected chi connectivity index (χ0v) is 18.5. The van der Waals surface area contributed by atoms with E-state index in [9.17, 15) is 4.79 Å². The van der Waals surface area contributed by atoms with E-state index in [-0.39, 0.29) is 31.0 Å². The zero-order valence-electron chi connectivity index (χ0n) is 16.2. The molecule has 0 aliphatic carbocycles. The predicted octanol–water partition coefficient (Wildman–Crippen LogP) is 3.48. The second-order valence-corrected chi connectivity index (χ2v) is 7.86. The Hall–Kier alpha value is -2.19. The third kappa shape index (κ3) is 5.20. The van der Waals surface area contributed by atoms with Crippen LogP contribution in [0.15, 0.2) is 39.6 Å². The molecule has 1 heterocycles. The lowest BCUT2D eigenvalue weighted by molar-refractivity contribution is 0.209. The van der Waals surface area contributed by atoms with Crippen LogP contribution in [0.5, 0.6) is 5.75 Å². The minimum Gasteiger partial charge on any atom is -0.493 e. The number of nitrogens with two attached hydrogens (primary N) is 2. The average Bonchev–Trinajstić information content (AvgIpc) is 2.99. The molecule has 0 unspecified atom stereocenters. The maximum absolute atomic E-state index is 12.4. The average molecular weight is 471 g/mol. The van der Waals surface area contributed by atoms with Gasteiger partial charge in [-0.05, 0) is 48.8 Å². The second kappa shape index (κ2) is 9.34. The Bertz CT molecular complexity index is 851. The molecule has 7 nitrogen and oxygen atoms in total.